The highest BCUT2D eigenvalue weighted by atomic mass is 127. The summed E-state index contributed by atoms with van der Waals surface area (Å²) in [6, 6.07) is 9.70. The number of hydrogen-bond donors (Lipinski definition) is 2. The van der Waals surface area contributed by atoms with Gasteiger partial charge < -0.3 is 15.4 Å². The number of rotatable bonds is 6. The van der Waals surface area contributed by atoms with E-state index in [1.165, 1.54) is 12.1 Å². The number of thiophene rings is 1. The van der Waals surface area contributed by atoms with E-state index in [9.17, 15) is 13.2 Å². The van der Waals surface area contributed by atoms with E-state index in [-0.39, 0.29) is 24.0 Å². The van der Waals surface area contributed by atoms with E-state index in [0.29, 0.717) is 57.2 Å². The second-order valence-corrected chi connectivity index (χ2v) is 8.13. The summed E-state index contributed by atoms with van der Waals surface area (Å²) in [5, 5.41) is 8.59. The Morgan fingerprint density at radius 2 is 1.93 bits per heavy atom. The summed E-state index contributed by atoms with van der Waals surface area (Å²) in [4.78, 5) is 5.77. The number of hydrogen-bond acceptors (Lipinski definition) is 3. The van der Waals surface area contributed by atoms with Crippen LogP contribution in [0, 0.1) is 0 Å². The number of nitrogens with one attached hydrogen (secondary N) is 2. The van der Waals surface area contributed by atoms with Crippen molar-refractivity contribution in [2.75, 3.05) is 26.3 Å². The third-order valence-corrected chi connectivity index (χ3v) is 6.02. The molecule has 2 aromatic rings. The third kappa shape index (κ3) is 6.58. The first-order valence-electron chi connectivity index (χ1n) is 9.73. The largest absolute Gasteiger partial charge is 0.416 e. The summed E-state index contributed by atoms with van der Waals surface area (Å²) in [7, 11) is 0. The normalized spacial score (nSPS) is 16.6. The van der Waals surface area contributed by atoms with Crippen molar-refractivity contribution in [2.24, 2.45) is 4.99 Å². The molecule has 1 aromatic carbocycles. The zero-order valence-corrected chi connectivity index (χ0v) is 19.9. The lowest BCUT2D eigenvalue weighted by atomic mass is 9.73. The smallest absolute Gasteiger partial charge is 0.381 e. The Kier molecular flexibility index (Phi) is 9.42. The highest BCUT2D eigenvalue weighted by Gasteiger charge is 2.37. The van der Waals surface area contributed by atoms with E-state index in [1.807, 2.05) is 24.4 Å². The molecule has 1 aliphatic heterocycles. The van der Waals surface area contributed by atoms with E-state index in [4.69, 9.17) is 4.74 Å². The molecule has 3 rings (SSSR count). The summed E-state index contributed by atoms with van der Waals surface area (Å²) in [6.45, 7) is 4.80. The minimum absolute atomic E-state index is 0. The van der Waals surface area contributed by atoms with Gasteiger partial charge in [0, 0.05) is 36.6 Å². The fourth-order valence-electron chi connectivity index (χ4n) is 3.51. The maximum atomic E-state index is 13.2. The van der Waals surface area contributed by atoms with Crippen LogP contribution in [0.3, 0.4) is 0 Å². The average Bonchev–Trinajstić information content (AvgIpc) is 3.24. The molecule has 2 N–H and O–H groups in total. The number of ether oxygens (including phenoxy) is 1. The number of benzene rings is 1. The lowest BCUT2D eigenvalue weighted by Gasteiger charge is -2.38. The van der Waals surface area contributed by atoms with Crippen molar-refractivity contribution in [3.05, 3.63) is 57.8 Å². The summed E-state index contributed by atoms with van der Waals surface area (Å²) >= 11 is 1.64. The molecule has 1 saturated heterocycles. The summed E-state index contributed by atoms with van der Waals surface area (Å²) in [5.74, 6) is 0.666. The number of alkyl halides is 3. The quantitative estimate of drug-likeness (QED) is 0.294. The molecule has 0 spiro atoms. The first kappa shape index (κ1) is 24.9. The molecule has 166 valence electrons. The summed E-state index contributed by atoms with van der Waals surface area (Å²) in [5.41, 5.74) is -0.352. The molecule has 1 aromatic heterocycles. The van der Waals surface area contributed by atoms with Crippen molar-refractivity contribution in [3.8, 4) is 0 Å². The van der Waals surface area contributed by atoms with Gasteiger partial charge in [0.05, 0.1) is 12.1 Å². The van der Waals surface area contributed by atoms with Crippen molar-refractivity contribution < 1.29 is 17.9 Å². The van der Waals surface area contributed by atoms with Gasteiger partial charge in [0.1, 0.15) is 0 Å². The fourth-order valence-corrected chi connectivity index (χ4v) is 4.14. The van der Waals surface area contributed by atoms with Gasteiger partial charge in [-0.3, -0.25) is 0 Å². The first-order valence-corrected chi connectivity index (χ1v) is 10.6. The molecule has 30 heavy (non-hydrogen) atoms. The minimum Gasteiger partial charge on any atom is -0.381 e. The predicted molar refractivity (Wildman–Crippen MR) is 126 cm³/mol. The van der Waals surface area contributed by atoms with Crippen LogP contribution in [-0.4, -0.2) is 32.3 Å². The van der Waals surface area contributed by atoms with Crippen molar-refractivity contribution in [3.63, 3.8) is 0 Å². The van der Waals surface area contributed by atoms with E-state index in [2.05, 4.69) is 15.6 Å². The standard InChI is InChI=1S/C21H26F3N3OS.HI/c1-2-25-19(26-14-18-7-4-12-29-18)27-15-20(8-10-28-11-9-20)16-5-3-6-17(13-16)21(22,23)24;/h3-7,12-13H,2,8-11,14-15H2,1H3,(H2,25,26,27);1H. The van der Waals surface area contributed by atoms with Gasteiger partial charge >= 0.3 is 6.18 Å². The van der Waals surface area contributed by atoms with Crippen molar-refractivity contribution in [2.45, 2.75) is 37.9 Å². The van der Waals surface area contributed by atoms with Crippen molar-refractivity contribution >= 4 is 41.3 Å². The Hall–Kier alpha value is -1.33. The van der Waals surface area contributed by atoms with Crippen LogP contribution in [-0.2, 0) is 22.9 Å². The minimum atomic E-state index is -4.35. The number of guanidine groups is 1. The van der Waals surface area contributed by atoms with E-state index in [0.717, 1.165) is 10.9 Å². The lowest BCUT2D eigenvalue weighted by Crippen LogP contribution is -2.48. The second-order valence-electron chi connectivity index (χ2n) is 7.10. The third-order valence-electron chi connectivity index (χ3n) is 5.16. The Morgan fingerprint density at radius 1 is 1.17 bits per heavy atom. The second kappa shape index (κ2) is 11.3. The molecular formula is C21H27F3IN3OS. The molecule has 9 heteroatoms. The number of aliphatic imine (C=N–C) groups is 1. The van der Waals surface area contributed by atoms with Gasteiger partial charge in [-0.25, -0.2) is 4.99 Å². The van der Waals surface area contributed by atoms with Gasteiger partial charge in [-0.15, -0.1) is 35.3 Å². The van der Waals surface area contributed by atoms with Crippen LogP contribution in [0.5, 0.6) is 0 Å². The average molecular weight is 553 g/mol. The SMILES string of the molecule is CCNC(=NCc1cccs1)NCC1(c2cccc(C(F)(F)F)c2)CCOCC1.I. The van der Waals surface area contributed by atoms with Gasteiger partial charge in [0.15, 0.2) is 5.96 Å². The monoisotopic (exact) mass is 553 g/mol. The highest BCUT2D eigenvalue weighted by Crippen LogP contribution is 2.37. The first-order chi connectivity index (χ1) is 13.9. The van der Waals surface area contributed by atoms with E-state index < -0.39 is 17.2 Å². The Bertz CT molecular complexity index is 806. The molecule has 0 unspecified atom stereocenters. The van der Waals surface area contributed by atoms with Crippen LogP contribution in [0.4, 0.5) is 13.2 Å². The lowest BCUT2D eigenvalue weighted by molar-refractivity contribution is -0.137. The zero-order valence-electron chi connectivity index (χ0n) is 16.8. The van der Waals surface area contributed by atoms with Crippen molar-refractivity contribution in [1.29, 1.82) is 0 Å². The predicted octanol–water partition coefficient (Wildman–Crippen LogP) is 5.19. The maximum absolute atomic E-state index is 13.2. The Morgan fingerprint density at radius 3 is 2.57 bits per heavy atom. The maximum Gasteiger partial charge on any atom is 0.416 e. The molecule has 0 bridgehead atoms. The van der Waals surface area contributed by atoms with Gasteiger partial charge in [-0.1, -0.05) is 24.3 Å². The molecule has 1 fully saturated rings. The molecule has 1 aliphatic rings. The molecule has 0 radical (unpaired) electrons. The highest BCUT2D eigenvalue weighted by molar-refractivity contribution is 14.0. The molecule has 4 nitrogen and oxygen atoms in total. The van der Waals surface area contributed by atoms with Crippen LogP contribution >= 0.6 is 35.3 Å². The Balaban J connectivity index is 0.00000320. The number of nitrogens with zero attached hydrogens (tertiary/aromatic N) is 1. The molecule has 2 heterocycles. The molecule has 0 saturated carbocycles. The number of halogens is 4. The van der Waals surface area contributed by atoms with Gasteiger partial charge in [-0.2, -0.15) is 13.2 Å². The van der Waals surface area contributed by atoms with Gasteiger partial charge in [0.25, 0.3) is 0 Å². The molecule has 0 aliphatic carbocycles. The van der Waals surface area contributed by atoms with Crippen LogP contribution in [0.15, 0.2) is 46.8 Å². The summed E-state index contributed by atoms with van der Waals surface area (Å²) in [6.07, 6.45) is -3.04. The fraction of sp³-hybridized carbons (Fsp3) is 0.476. The zero-order chi connectivity index (χ0) is 20.7. The van der Waals surface area contributed by atoms with Gasteiger partial charge in [0.2, 0.25) is 0 Å². The van der Waals surface area contributed by atoms with Crippen LogP contribution in [0.25, 0.3) is 0 Å². The van der Waals surface area contributed by atoms with Crippen molar-refractivity contribution in [1.82, 2.24) is 10.6 Å². The molecule has 0 atom stereocenters. The van der Waals surface area contributed by atoms with Crippen LogP contribution < -0.4 is 10.6 Å². The topological polar surface area (TPSA) is 45.7 Å². The molecular weight excluding hydrogens is 526 g/mol. The summed E-state index contributed by atoms with van der Waals surface area (Å²) < 4.78 is 45.2. The van der Waals surface area contributed by atoms with E-state index in [1.54, 1.807) is 17.4 Å². The van der Waals surface area contributed by atoms with E-state index >= 15 is 0 Å². The van der Waals surface area contributed by atoms with Crippen LogP contribution in [0.2, 0.25) is 0 Å². The van der Waals surface area contributed by atoms with Gasteiger partial charge in [-0.05, 0) is 42.8 Å². The van der Waals surface area contributed by atoms with Crippen LogP contribution in [0.1, 0.15) is 35.8 Å². The molecule has 0 amide bonds. The Labute approximate surface area is 196 Å².